The Morgan fingerprint density at radius 2 is 2.09 bits per heavy atom. The lowest BCUT2D eigenvalue weighted by atomic mass is 10.2. The summed E-state index contributed by atoms with van der Waals surface area (Å²) in [6, 6.07) is 0.860. The minimum Gasteiger partial charge on any atom is -0.312 e. The van der Waals surface area contributed by atoms with E-state index in [2.05, 4.69) is 17.1 Å². The normalized spacial score (nSPS) is 25.1. The van der Waals surface area contributed by atoms with Crippen LogP contribution in [0.25, 0.3) is 0 Å². The molecule has 2 aliphatic rings. The highest BCUT2D eigenvalue weighted by molar-refractivity contribution is 8.00. The van der Waals surface area contributed by atoms with Crippen LogP contribution in [-0.4, -0.2) is 24.1 Å². The molecule has 2 heteroatoms. The zero-order valence-corrected chi connectivity index (χ0v) is 7.83. The molecule has 0 aromatic carbocycles. The zero-order valence-electron chi connectivity index (χ0n) is 7.01. The number of rotatable bonds is 5. The topological polar surface area (TPSA) is 12.0 Å². The third-order valence-electron chi connectivity index (χ3n) is 2.56. The van der Waals surface area contributed by atoms with Crippen molar-refractivity contribution >= 4 is 11.8 Å². The second-order valence-electron chi connectivity index (χ2n) is 3.77. The molecule has 2 rings (SSSR count). The van der Waals surface area contributed by atoms with Crippen molar-refractivity contribution in [1.82, 2.24) is 5.32 Å². The Balaban J connectivity index is 1.40. The third kappa shape index (κ3) is 2.68. The molecule has 0 aromatic rings. The molecule has 1 saturated heterocycles. The Bertz CT molecular complexity index is 119. The van der Waals surface area contributed by atoms with Crippen LogP contribution < -0.4 is 5.32 Å². The summed E-state index contributed by atoms with van der Waals surface area (Å²) in [6.07, 6.45) is 5.91. The minimum absolute atomic E-state index is 0.860. The minimum atomic E-state index is 0.860. The molecule has 1 nitrogen and oxygen atoms in total. The van der Waals surface area contributed by atoms with E-state index in [1.165, 1.54) is 43.7 Å². The van der Waals surface area contributed by atoms with E-state index in [1.807, 2.05) is 0 Å². The van der Waals surface area contributed by atoms with Crippen molar-refractivity contribution in [2.24, 2.45) is 5.92 Å². The molecule has 64 valence electrons. The van der Waals surface area contributed by atoms with Gasteiger partial charge < -0.3 is 5.32 Å². The molecule has 2 fully saturated rings. The average molecular weight is 171 g/mol. The molecule has 1 heterocycles. The van der Waals surface area contributed by atoms with Gasteiger partial charge in [0, 0.05) is 17.5 Å². The summed E-state index contributed by atoms with van der Waals surface area (Å²) < 4.78 is 0. The first-order valence-electron chi connectivity index (χ1n) is 4.76. The van der Waals surface area contributed by atoms with E-state index in [9.17, 15) is 0 Å². The Morgan fingerprint density at radius 1 is 1.27 bits per heavy atom. The number of hydrogen-bond donors (Lipinski definition) is 1. The number of nitrogens with one attached hydrogen (secondary N) is 1. The second kappa shape index (κ2) is 3.81. The van der Waals surface area contributed by atoms with Gasteiger partial charge in [-0.05, 0) is 25.3 Å². The van der Waals surface area contributed by atoms with E-state index < -0.39 is 0 Å². The maximum atomic E-state index is 3.58. The van der Waals surface area contributed by atoms with Crippen molar-refractivity contribution in [2.45, 2.75) is 31.7 Å². The fraction of sp³-hybridized carbons (Fsp3) is 1.00. The van der Waals surface area contributed by atoms with Gasteiger partial charge in [-0.25, -0.2) is 0 Å². The molecule has 0 bridgehead atoms. The number of hydrogen-bond acceptors (Lipinski definition) is 2. The van der Waals surface area contributed by atoms with Gasteiger partial charge in [0.15, 0.2) is 0 Å². The largest absolute Gasteiger partial charge is 0.312 e. The Labute approximate surface area is 73.3 Å². The highest BCUT2D eigenvalue weighted by atomic mass is 32.2. The maximum absolute atomic E-state index is 3.58. The van der Waals surface area contributed by atoms with Gasteiger partial charge in [0.1, 0.15) is 0 Å². The molecule has 11 heavy (non-hydrogen) atoms. The summed E-state index contributed by atoms with van der Waals surface area (Å²) in [6.45, 7) is 1.27. The van der Waals surface area contributed by atoms with Gasteiger partial charge in [0.05, 0.1) is 0 Å². The lowest BCUT2D eigenvalue weighted by Gasteiger charge is -2.25. The van der Waals surface area contributed by atoms with Gasteiger partial charge in [-0.1, -0.05) is 12.8 Å². The molecule has 1 saturated carbocycles. The Kier molecular flexibility index (Phi) is 2.75. The lowest BCUT2D eigenvalue weighted by molar-refractivity contribution is 0.539. The zero-order chi connectivity index (χ0) is 7.52. The predicted octanol–water partition coefficient (Wildman–Crippen LogP) is 1.88. The maximum Gasteiger partial charge on any atom is 0.0248 e. The molecule has 1 aliphatic heterocycles. The summed E-state index contributed by atoms with van der Waals surface area (Å²) in [5, 5.41) is 3.58. The Morgan fingerprint density at radius 3 is 2.64 bits per heavy atom. The molecule has 0 aromatic heterocycles. The molecule has 1 aliphatic carbocycles. The van der Waals surface area contributed by atoms with Crippen molar-refractivity contribution < 1.29 is 0 Å². The SMILES string of the molecule is C(CNC1CSC1)CC1CC1. The van der Waals surface area contributed by atoms with Gasteiger partial charge in [-0.15, -0.1) is 0 Å². The first-order chi connectivity index (χ1) is 5.45. The van der Waals surface area contributed by atoms with Crippen LogP contribution in [0.4, 0.5) is 0 Å². The predicted molar refractivity (Wildman–Crippen MR) is 51.1 cm³/mol. The van der Waals surface area contributed by atoms with Crippen LogP contribution in [0.1, 0.15) is 25.7 Å². The first kappa shape index (κ1) is 7.93. The standard InChI is InChI=1S/C9H17NS/c1(2-8-3-4-8)5-10-9-6-11-7-9/h8-10H,1-7H2. The van der Waals surface area contributed by atoms with E-state index in [4.69, 9.17) is 0 Å². The summed E-state index contributed by atoms with van der Waals surface area (Å²) in [5.41, 5.74) is 0. The van der Waals surface area contributed by atoms with E-state index in [-0.39, 0.29) is 0 Å². The number of thioether (sulfide) groups is 1. The highest BCUT2D eigenvalue weighted by Gasteiger charge is 2.21. The van der Waals surface area contributed by atoms with Gasteiger partial charge in [0.25, 0.3) is 0 Å². The van der Waals surface area contributed by atoms with Gasteiger partial charge >= 0.3 is 0 Å². The highest BCUT2D eigenvalue weighted by Crippen LogP contribution is 2.33. The van der Waals surface area contributed by atoms with Crippen LogP contribution in [0.2, 0.25) is 0 Å². The van der Waals surface area contributed by atoms with Crippen molar-refractivity contribution in [3.63, 3.8) is 0 Å². The van der Waals surface area contributed by atoms with E-state index in [1.54, 1.807) is 0 Å². The average Bonchev–Trinajstić information content (AvgIpc) is 2.66. The smallest absolute Gasteiger partial charge is 0.0248 e. The molecule has 1 N–H and O–H groups in total. The first-order valence-corrected chi connectivity index (χ1v) is 5.92. The second-order valence-corrected chi connectivity index (χ2v) is 4.85. The van der Waals surface area contributed by atoms with Crippen molar-refractivity contribution in [3.05, 3.63) is 0 Å². The quantitative estimate of drug-likeness (QED) is 0.634. The summed E-state index contributed by atoms with van der Waals surface area (Å²) >= 11 is 2.06. The molecule has 0 unspecified atom stereocenters. The molecular weight excluding hydrogens is 154 g/mol. The van der Waals surface area contributed by atoms with E-state index in [0.29, 0.717) is 0 Å². The summed E-state index contributed by atoms with van der Waals surface area (Å²) in [5.74, 6) is 3.82. The molecule has 0 amide bonds. The molecular formula is C9H17NS. The van der Waals surface area contributed by atoms with Crippen LogP contribution in [0.15, 0.2) is 0 Å². The van der Waals surface area contributed by atoms with Crippen molar-refractivity contribution in [2.75, 3.05) is 18.1 Å². The van der Waals surface area contributed by atoms with E-state index >= 15 is 0 Å². The Hall–Kier alpha value is 0.310. The van der Waals surface area contributed by atoms with Crippen LogP contribution in [0.5, 0.6) is 0 Å². The summed E-state index contributed by atoms with van der Waals surface area (Å²) in [4.78, 5) is 0. The van der Waals surface area contributed by atoms with Crippen molar-refractivity contribution in [1.29, 1.82) is 0 Å². The van der Waals surface area contributed by atoms with Gasteiger partial charge in [-0.2, -0.15) is 11.8 Å². The van der Waals surface area contributed by atoms with Gasteiger partial charge in [-0.3, -0.25) is 0 Å². The van der Waals surface area contributed by atoms with Crippen LogP contribution >= 0.6 is 11.8 Å². The van der Waals surface area contributed by atoms with Crippen LogP contribution in [-0.2, 0) is 0 Å². The molecule has 0 atom stereocenters. The molecule has 0 spiro atoms. The lowest BCUT2D eigenvalue weighted by Crippen LogP contribution is -2.40. The van der Waals surface area contributed by atoms with E-state index in [0.717, 1.165) is 12.0 Å². The summed E-state index contributed by atoms with van der Waals surface area (Å²) in [7, 11) is 0. The van der Waals surface area contributed by atoms with Crippen molar-refractivity contribution in [3.8, 4) is 0 Å². The third-order valence-corrected chi connectivity index (χ3v) is 3.83. The van der Waals surface area contributed by atoms with Crippen LogP contribution in [0.3, 0.4) is 0 Å². The monoisotopic (exact) mass is 171 g/mol. The van der Waals surface area contributed by atoms with Crippen LogP contribution in [0, 0.1) is 5.92 Å². The fourth-order valence-corrected chi connectivity index (χ4v) is 2.16. The fourth-order valence-electron chi connectivity index (χ4n) is 1.46. The van der Waals surface area contributed by atoms with Gasteiger partial charge in [0.2, 0.25) is 0 Å². The molecule has 0 radical (unpaired) electrons.